The first-order chi connectivity index (χ1) is 8.81. The first-order valence-corrected chi connectivity index (χ1v) is 6.57. The molecule has 0 spiro atoms. The zero-order valence-corrected chi connectivity index (χ0v) is 10.7. The average molecular weight is 245 g/mol. The van der Waals surface area contributed by atoms with Crippen molar-refractivity contribution >= 4 is 0 Å². The van der Waals surface area contributed by atoms with E-state index >= 15 is 0 Å². The van der Waals surface area contributed by atoms with Crippen LogP contribution >= 0.6 is 0 Å². The van der Waals surface area contributed by atoms with Crippen molar-refractivity contribution in [1.29, 1.82) is 0 Å². The van der Waals surface area contributed by atoms with E-state index in [0.717, 1.165) is 37.6 Å². The van der Waals surface area contributed by atoms with Crippen LogP contribution in [0.25, 0.3) is 0 Å². The van der Waals surface area contributed by atoms with Crippen LogP contribution in [0.15, 0.2) is 28.9 Å². The summed E-state index contributed by atoms with van der Waals surface area (Å²) in [5.41, 5.74) is 0. The van der Waals surface area contributed by atoms with Crippen molar-refractivity contribution in [1.82, 2.24) is 14.9 Å². The van der Waals surface area contributed by atoms with E-state index in [4.69, 9.17) is 4.42 Å². The van der Waals surface area contributed by atoms with E-state index in [0.29, 0.717) is 5.92 Å². The smallest absolute Gasteiger partial charge is 0.117 e. The van der Waals surface area contributed by atoms with Gasteiger partial charge in [-0.25, -0.2) is 4.98 Å². The van der Waals surface area contributed by atoms with Crippen LogP contribution in [0.1, 0.15) is 23.8 Å². The predicted molar refractivity (Wildman–Crippen MR) is 69.2 cm³/mol. The van der Waals surface area contributed by atoms with Crippen LogP contribution in [0.3, 0.4) is 0 Å². The molecule has 0 fully saturated rings. The first-order valence-electron chi connectivity index (χ1n) is 6.57. The van der Waals surface area contributed by atoms with Crippen LogP contribution in [-0.2, 0) is 19.5 Å². The highest BCUT2D eigenvalue weighted by atomic mass is 16.3. The molecule has 3 rings (SSSR count). The molecule has 0 aromatic carbocycles. The summed E-state index contributed by atoms with van der Waals surface area (Å²) in [4.78, 5) is 4.35. The molecule has 96 valence electrons. The van der Waals surface area contributed by atoms with Gasteiger partial charge in [-0.3, -0.25) is 0 Å². The van der Waals surface area contributed by atoms with Gasteiger partial charge in [0.15, 0.2) is 0 Å². The number of aromatic nitrogens is 2. The van der Waals surface area contributed by atoms with Gasteiger partial charge in [0.25, 0.3) is 0 Å². The summed E-state index contributed by atoms with van der Waals surface area (Å²) in [5.74, 6) is 3.93. The number of furan rings is 1. The summed E-state index contributed by atoms with van der Waals surface area (Å²) in [6.07, 6.45) is 6.30. The molecule has 4 heteroatoms. The topological polar surface area (TPSA) is 43.0 Å². The average Bonchev–Trinajstić information content (AvgIpc) is 2.97. The minimum atomic E-state index is 0.697. The van der Waals surface area contributed by atoms with Gasteiger partial charge in [0.1, 0.15) is 17.3 Å². The fourth-order valence-electron chi connectivity index (χ4n) is 2.58. The number of nitrogens with zero attached hydrogens (tertiary/aromatic N) is 2. The number of hydrogen-bond acceptors (Lipinski definition) is 3. The molecule has 18 heavy (non-hydrogen) atoms. The van der Waals surface area contributed by atoms with Gasteiger partial charge in [-0.05, 0) is 31.4 Å². The summed E-state index contributed by atoms with van der Waals surface area (Å²) >= 11 is 0. The summed E-state index contributed by atoms with van der Waals surface area (Å²) < 4.78 is 7.81. The van der Waals surface area contributed by atoms with Crippen molar-refractivity contribution < 1.29 is 4.42 Å². The van der Waals surface area contributed by atoms with Crippen LogP contribution in [-0.4, -0.2) is 16.1 Å². The van der Waals surface area contributed by atoms with E-state index in [-0.39, 0.29) is 0 Å². The zero-order chi connectivity index (χ0) is 12.4. The number of rotatable bonds is 4. The van der Waals surface area contributed by atoms with Crippen LogP contribution < -0.4 is 5.32 Å². The molecule has 0 unspecified atom stereocenters. The molecule has 1 aliphatic heterocycles. The molecule has 0 radical (unpaired) electrons. The van der Waals surface area contributed by atoms with Crippen LogP contribution in [0.5, 0.6) is 0 Å². The summed E-state index contributed by atoms with van der Waals surface area (Å²) in [7, 11) is 0. The molecular weight excluding hydrogens is 226 g/mol. The Kier molecular flexibility index (Phi) is 3.19. The van der Waals surface area contributed by atoms with Gasteiger partial charge in [-0.2, -0.15) is 0 Å². The van der Waals surface area contributed by atoms with Gasteiger partial charge in [0, 0.05) is 31.9 Å². The van der Waals surface area contributed by atoms with Crippen molar-refractivity contribution in [2.45, 2.75) is 32.9 Å². The highest BCUT2D eigenvalue weighted by molar-refractivity contribution is 5.05. The van der Waals surface area contributed by atoms with Crippen LogP contribution in [0.4, 0.5) is 0 Å². The lowest BCUT2D eigenvalue weighted by atomic mass is 9.99. The molecule has 1 N–H and O–H groups in total. The first kappa shape index (κ1) is 11.5. The van der Waals surface area contributed by atoms with Crippen molar-refractivity contribution in [2.24, 2.45) is 5.92 Å². The molecule has 0 saturated heterocycles. The van der Waals surface area contributed by atoms with Crippen molar-refractivity contribution in [3.05, 3.63) is 41.9 Å². The van der Waals surface area contributed by atoms with E-state index in [2.05, 4.69) is 21.1 Å². The molecule has 2 aromatic rings. The third-order valence-electron chi connectivity index (χ3n) is 3.56. The Balaban J connectivity index is 1.47. The summed E-state index contributed by atoms with van der Waals surface area (Å²) in [6.45, 7) is 4.92. The van der Waals surface area contributed by atoms with Crippen molar-refractivity contribution in [2.75, 3.05) is 6.54 Å². The Hall–Kier alpha value is -1.55. The quantitative estimate of drug-likeness (QED) is 0.897. The molecule has 1 aliphatic rings. The number of aryl methyl sites for hydroxylation is 2. The highest BCUT2D eigenvalue weighted by Gasteiger charge is 2.18. The van der Waals surface area contributed by atoms with E-state index in [9.17, 15) is 0 Å². The van der Waals surface area contributed by atoms with Gasteiger partial charge in [-0.15, -0.1) is 0 Å². The molecule has 4 nitrogen and oxygen atoms in total. The number of imidazole rings is 1. The van der Waals surface area contributed by atoms with E-state index < -0.39 is 0 Å². The second-order valence-corrected chi connectivity index (χ2v) is 5.04. The Morgan fingerprint density at radius 1 is 1.50 bits per heavy atom. The molecular formula is C14H19N3O. The minimum absolute atomic E-state index is 0.697. The van der Waals surface area contributed by atoms with E-state index in [1.165, 1.54) is 12.2 Å². The Bertz CT molecular complexity index is 515. The molecule has 1 atom stereocenters. The minimum Gasteiger partial charge on any atom is -0.465 e. The third-order valence-corrected chi connectivity index (χ3v) is 3.56. The lowest BCUT2D eigenvalue weighted by Crippen LogP contribution is -2.29. The molecule has 0 aliphatic carbocycles. The zero-order valence-electron chi connectivity index (χ0n) is 10.7. The SMILES string of the molecule is Cc1ccc(CNC[C@H]2CCc3nccn3C2)o1. The highest BCUT2D eigenvalue weighted by Crippen LogP contribution is 2.18. The molecule has 0 bridgehead atoms. The molecule has 3 heterocycles. The maximum atomic E-state index is 5.54. The second kappa shape index (κ2) is 4.98. The van der Waals surface area contributed by atoms with Crippen LogP contribution in [0, 0.1) is 12.8 Å². The van der Waals surface area contributed by atoms with Crippen LogP contribution in [0.2, 0.25) is 0 Å². The Morgan fingerprint density at radius 2 is 2.44 bits per heavy atom. The molecule has 2 aromatic heterocycles. The predicted octanol–water partition coefficient (Wildman–Crippen LogP) is 2.14. The Morgan fingerprint density at radius 3 is 3.28 bits per heavy atom. The van der Waals surface area contributed by atoms with Gasteiger partial charge < -0.3 is 14.3 Å². The lowest BCUT2D eigenvalue weighted by molar-refractivity contribution is 0.340. The van der Waals surface area contributed by atoms with Gasteiger partial charge >= 0.3 is 0 Å². The summed E-state index contributed by atoms with van der Waals surface area (Å²) in [5, 5.41) is 3.48. The van der Waals surface area contributed by atoms with E-state index in [1.54, 1.807) is 0 Å². The standard InChI is InChI=1S/C14H19N3O/c1-11-2-4-13(18-11)9-15-8-12-3-5-14-16-6-7-17(14)10-12/h2,4,6-7,12,15H,3,5,8-10H2,1H3/t12-/m1/s1. The molecule has 0 saturated carbocycles. The maximum absolute atomic E-state index is 5.54. The number of nitrogens with one attached hydrogen (secondary N) is 1. The van der Waals surface area contributed by atoms with Gasteiger partial charge in [-0.1, -0.05) is 0 Å². The normalized spacial score (nSPS) is 18.8. The second-order valence-electron chi connectivity index (χ2n) is 5.04. The van der Waals surface area contributed by atoms with Gasteiger partial charge in [0.05, 0.1) is 6.54 Å². The lowest BCUT2D eigenvalue weighted by Gasteiger charge is -2.23. The fourth-order valence-corrected chi connectivity index (χ4v) is 2.58. The van der Waals surface area contributed by atoms with Crippen molar-refractivity contribution in [3.8, 4) is 0 Å². The number of fused-ring (bicyclic) bond motifs is 1. The fraction of sp³-hybridized carbons (Fsp3) is 0.500. The largest absolute Gasteiger partial charge is 0.465 e. The third kappa shape index (κ3) is 2.48. The van der Waals surface area contributed by atoms with Crippen molar-refractivity contribution in [3.63, 3.8) is 0 Å². The monoisotopic (exact) mass is 245 g/mol. The van der Waals surface area contributed by atoms with Gasteiger partial charge in [0.2, 0.25) is 0 Å². The summed E-state index contributed by atoms with van der Waals surface area (Å²) in [6, 6.07) is 4.05. The number of hydrogen-bond donors (Lipinski definition) is 1. The van der Waals surface area contributed by atoms with E-state index in [1.807, 2.05) is 25.3 Å². The molecule has 0 amide bonds. The Labute approximate surface area is 107 Å². The maximum Gasteiger partial charge on any atom is 0.117 e.